The number of carbonyl (C=O) groups excluding carboxylic acids is 1. The van der Waals surface area contributed by atoms with Gasteiger partial charge in [-0.25, -0.2) is 9.97 Å². The minimum atomic E-state index is -0.274. The monoisotopic (exact) mass is 343 g/mol. The van der Waals surface area contributed by atoms with Crippen LogP contribution < -0.4 is 10.2 Å². The van der Waals surface area contributed by atoms with Crippen molar-refractivity contribution in [1.29, 1.82) is 0 Å². The van der Waals surface area contributed by atoms with Crippen LogP contribution in [0.15, 0.2) is 30.7 Å². The summed E-state index contributed by atoms with van der Waals surface area (Å²) < 4.78 is 7.83. The number of hydrogen-bond donors (Lipinski definition) is 1. The molecule has 0 spiro atoms. The minimum Gasteiger partial charge on any atom is -0.369 e. The molecule has 0 radical (unpaired) electrons. The quantitative estimate of drug-likeness (QED) is 0.865. The first kappa shape index (κ1) is 17.4. The first-order valence-electron chi connectivity index (χ1n) is 8.62. The molecule has 2 aromatic rings. The summed E-state index contributed by atoms with van der Waals surface area (Å²) in [5, 5.41) is 3.01. The van der Waals surface area contributed by atoms with Crippen molar-refractivity contribution in [1.82, 2.24) is 19.9 Å². The van der Waals surface area contributed by atoms with E-state index in [-0.39, 0.29) is 17.9 Å². The van der Waals surface area contributed by atoms with E-state index in [9.17, 15) is 4.79 Å². The molecule has 1 N–H and O–H groups in total. The van der Waals surface area contributed by atoms with Gasteiger partial charge in [0.05, 0.1) is 5.92 Å². The van der Waals surface area contributed by atoms with E-state index in [0.717, 1.165) is 23.8 Å². The highest BCUT2D eigenvalue weighted by Gasteiger charge is 2.37. The zero-order valence-corrected chi connectivity index (χ0v) is 15.0. The standard InChI is InChI=1S/C18H25N5O2/c1-4-23-9-8-19-17(23)16-14(7-10-25-16)18(24)21-12-13-5-6-15(20-11-13)22(2)3/h5-6,8-9,11,14,16H,4,7,10,12H2,1-3H3,(H,21,24)/t14-,16-/m1/s1. The lowest BCUT2D eigenvalue weighted by atomic mass is 9.99. The Balaban J connectivity index is 1.62. The van der Waals surface area contributed by atoms with Crippen LogP contribution in [0.3, 0.4) is 0 Å². The molecule has 7 nitrogen and oxygen atoms in total. The Morgan fingerprint density at radius 2 is 2.24 bits per heavy atom. The van der Waals surface area contributed by atoms with E-state index >= 15 is 0 Å². The molecule has 0 aromatic carbocycles. The number of hydrogen-bond acceptors (Lipinski definition) is 5. The van der Waals surface area contributed by atoms with E-state index in [1.165, 1.54) is 0 Å². The third kappa shape index (κ3) is 3.82. The second-order valence-electron chi connectivity index (χ2n) is 6.39. The lowest BCUT2D eigenvalue weighted by Gasteiger charge is -2.19. The van der Waals surface area contributed by atoms with Gasteiger partial charge < -0.3 is 19.5 Å². The molecule has 0 bridgehead atoms. The molecule has 2 atom stereocenters. The summed E-state index contributed by atoms with van der Waals surface area (Å²) >= 11 is 0. The molecule has 1 amide bonds. The number of aryl methyl sites for hydroxylation is 1. The maximum Gasteiger partial charge on any atom is 0.226 e. The summed E-state index contributed by atoms with van der Waals surface area (Å²) in [5.74, 6) is 1.52. The van der Waals surface area contributed by atoms with Gasteiger partial charge in [0, 0.05) is 52.4 Å². The second-order valence-corrected chi connectivity index (χ2v) is 6.39. The highest BCUT2D eigenvalue weighted by molar-refractivity contribution is 5.79. The van der Waals surface area contributed by atoms with E-state index in [1.54, 1.807) is 12.4 Å². The Morgan fingerprint density at radius 3 is 2.92 bits per heavy atom. The molecule has 3 heterocycles. The van der Waals surface area contributed by atoms with Crippen molar-refractivity contribution < 1.29 is 9.53 Å². The molecular formula is C18H25N5O2. The average Bonchev–Trinajstić information content (AvgIpc) is 3.28. The highest BCUT2D eigenvalue weighted by Crippen LogP contribution is 2.33. The van der Waals surface area contributed by atoms with Crippen molar-refractivity contribution in [3.05, 3.63) is 42.1 Å². The first-order valence-corrected chi connectivity index (χ1v) is 8.62. The van der Waals surface area contributed by atoms with E-state index in [1.807, 2.05) is 41.9 Å². The number of nitrogens with one attached hydrogen (secondary N) is 1. The van der Waals surface area contributed by atoms with Gasteiger partial charge in [0.2, 0.25) is 5.91 Å². The molecule has 134 valence electrons. The van der Waals surface area contributed by atoms with Crippen LogP contribution in [0, 0.1) is 5.92 Å². The Hall–Kier alpha value is -2.41. The number of rotatable bonds is 6. The fraction of sp³-hybridized carbons (Fsp3) is 0.500. The largest absolute Gasteiger partial charge is 0.369 e. The zero-order valence-electron chi connectivity index (χ0n) is 15.0. The summed E-state index contributed by atoms with van der Waals surface area (Å²) in [7, 11) is 3.90. The number of carbonyl (C=O) groups is 1. The van der Waals surface area contributed by atoms with Crippen LogP contribution in [-0.2, 0) is 22.6 Å². The summed E-state index contributed by atoms with van der Waals surface area (Å²) in [5.41, 5.74) is 0.976. The number of nitrogens with zero attached hydrogens (tertiary/aromatic N) is 4. The molecular weight excluding hydrogens is 318 g/mol. The molecule has 7 heteroatoms. The van der Waals surface area contributed by atoms with E-state index in [4.69, 9.17) is 4.74 Å². The molecule has 0 aliphatic carbocycles. The number of imidazole rings is 1. The third-order valence-corrected chi connectivity index (χ3v) is 4.51. The summed E-state index contributed by atoms with van der Waals surface area (Å²) in [6, 6.07) is 3.93. The van der Waals surface area contributed by atoms with Gasteiger partial charge in [-0.05, 0) is 25.0 Å². The topological polar surface area (TPSA) is 72.3 Å². The average molecular weight is 343 g/mol. The number of amides is 1. The lowest BCUT2D eigenvalue weighted by Crippen LogP contribution is -2.32. The van der Waals surface area contributed by atoms with Crippen molar-refractivity contribution in [2.24, 2.45) is 5.92 Å². The number of ether oxygens (including phenoxy) is 1. The Bertz CT molecular complexity index is 711. The van der Waals surface area contributed by atoms with E-state index < -0.39 is 0 Å². The summed E-state index contributed by atoms with van der Waals surface area (Å²) in [6.45, 7) is 3.91. The van der Waals surface area contributed by atoms with Crippen molar-refractivity contribution >= 4 is 11.7 Å². The third-order valence-electron chi connectivity index (χ3n) is 4.51. The maximum absolute atomic E-state index is 12.6. The molecule has 1 fully saturated rings. The van der Waals surface area contributed by atoms with Crippen molar-refractivity contribution in [2.45, 2.75) is 32.5 Å². The molecule has 1 saturated heterocycles. The van der Waals surface area contributed by atoms with Crippen LogP contribution >= 0.6 is 0 Å². The Kier molecular flexibility index (Phi) is 5.33. The highest BCUT2D eigenvalue weighted by atomic mass is 16.5. The summed E-state index contributed by atoms with van der Waals surface area (Å²) in [6.07, 6.45) is 5.91. The van der Waals surface area contributed by atoms with Gasteiger partial charge >= 0.3 is 0 Å². The SMILES string of the molecule is CCn1ccnc1[C@@H]1OCC[C@H]1C(=O)NCc1ccc(N(C)C)nc1. The molecule has 0 unspecified atom stereocenters. The zero-order chi connectivity index (χ0) is 17.8. The first-order chi connectivity index (χ1) is 12.1. The van der Waals surface area contributed by atoms with Gasteiger partial charge in [0.1, 0.15) is 17.7 Å². The van der Waals surface area contributed by atoms with Crippen molar-refractivity contribution in [3.63, 3.8) is 0 Å². The molecule has 1 aliphatic rings. The number of pyridine rings is 1. The normalized spacial score (nSPS) is 19.8. The van der Waals surface area contributed by atoms with Crippen LogP contribution in [-0.4, -0.2) is 41.1 Å². The van der Waals surface area contributed by atoms with Crippen LogP contribution in [0.1, 0.15) is 30.8 Å². The minimum absolute atomic E-state index is 0.00448. The predicted molar refractivity (Wildman–Crippen MR) is 95.1 cm³/mol. The number of anilines is 1. The predicted octanol–water partition coefficient (Wildman–Crippen LogP) is 1.76. The van der Waals surface area contributed by atoms with Crippen molar-refractivity contribution in [2.75, 3.05) is 25.6 Å². The van der Waals surface area contributed by atoms with E-state index in [0.29, 0.717) is 19.6 Å². The van der Waals surface area contributed by atoms with Gasteiger partial charge in [-0.3, -0.25) is 4.79 Å². The van der Waals surface area contributed by atoms with E-state index in [2.05, 4.69) is 22.2 Å². The number of aromatic nitrogens is 3. The fourth-order valence-corrected chi connectivity index (χ4v) is 3.06. The van der Waals surface area contributed by atoms with Gasteiger partial charge in [-0.2, -0.15) is 0 Å². The Labute approximate surface area is 148 Å². The van der Waals surface area contributed by atoms with Crippen molar-refractivity contribution in [3.8, 4) is 0 Å². The van der Waals surface area contributed by atoms with Crippen LogP contribution in [0.2, 0.25) is 0 Å². The molecule has 2 aromatic heterocycles. The smallest absolute Gasteiger partial charge is 0.226 e. The molecule has 0 saturated carbocycles. The second kappa shape index (κ2) is 7.65. The summed E-state index contributed by atoms with van der Waals surface area (Å²) in [4.78, 5) is 23.3. The maximum atomic E-state index is 12.6. The molecule has 3 rings (SSSR count). The van der Waals surface area contributed by atoms with Gasteiger partial charge in [0.15, 0.2) is 0 Å². The van der Waals surface area contributed by atoms with Crippen LogP contribution in [0.5, 0.6) is 0 Å². The van der Waals surface area contributed by atoms with Gasteiger partial charge in [-0.1, -0.05) is 6.07 Å². The Morgan fingerprint density at radius 1 is 1.40 bits per heavy atom. The van der Waals surface area contributed by atoms with Gasteiger partial charge in [0.25, 0.3) is 0 Å². The molecule has 25 heavy (non-hydrogen) atoms. The lowest BCUT2D eigenvalue weighted by molar-refractivity contribution is -0.127. The van der Waals surface area contributed by atoms with Crippen LogP contribution in [0.25, 0.3) is 0 Å². The van der Waals surface area contributed by atoms with Crippen LogP contribution in [0.4, 0.5) is 5.82 Å². The fourth-order valence-electron chi connectivity index (χ4n) is 3.06. The molecule has 1 aliphatic heterocycles. The van der Waals surface area contributed by atoms with Gasteiger partial charge in [-0.15, -0.1) is 0 Å².